The minimum absolute atomic E-state index is 0.183. The van der Waals surface area contributed by atoms with Crippen molar-refractivity contribution in [3.8, 4) is 6.07 Å². The number of nitriles is 1. The van der Waals surface area contributed by atoms with Gasteiger partial charge in [-0.2, -0.15) is 10.4 Å². The third kappa shape index (κ3) is 5.23. The Kier molecular flexibility index (Phi) is 6.96. The number of nitrogens with one attached hydrogen (secondary N) is 1. The van der Waals surface area contributed by atoms with E-state index in [1.807, 2.05) is 45.0 Å². The molecule has 166 valence electrons. The fraction of sp³-hybridized carbons (Fsp3) is 0.565. The second-order valence-corrected chi connectivity index (χ2v) is 9.20. The van der Waals surface area contributed by atoms with Crippen LogP contribution in [0, 0.1) is 16.7 Å². The smallest absolute Gasteiger partial charge is 0.273 e. The van der Waals surface area contributed by atoms with E-state index in [2.05, 4.69) is 16.5 Å². The standard InChI is InChI=1S/C23H31N5O3/c1-23(2,3)20(22(31)27-14-11-16(29)15-27)25-21(30)19-17-9-5-6-10-18(17)28(26-19)13-8-4-7-12-24/h5-6,9-10,16,20,29H,4,7-8,11,13-15H2,1-3H3,(H,25,30)/t16?,20-/m1/s1. The van der Waals surface area contributed by atoms with Gasteiger partial charge in [-0.1, -0.05) is 39.0 Å². The number of carbonyl (C=O) groups excluding carboxylic acids is 2. The Morgan fingerprint density at radius 1 is 1.32 bits per heavy atom. The highest BCUT2D eigenvalue weighted by molar-refractivity contribution is 6.06. The lowest BCUT2D eigenvalue weighted by atomic mass is 9.85. The fourth-order valence-corrected chi connectivity index (χ4v) is 3.90. The van der Waals surface area contributed by atoms with Crippen molar-refractivity contribution in [2.45, 2.75) is 65.1 Å². The van der Waals surface area contributed by atoms with Crippen molar-refractivity contribution in [2.24, 2.45) is 5.41 Å². The number of unbranched alkanes of at least 4 members (excludes halogenated alkanes) is 2. The number of hydrogen-bond donors (Lipinski definition) is 2. The molecule has 2 atom stereocenters. The number of amides is 2. The lowest BCUT2D eigenvalue weighted by Gasteiger charge is -2.33. The van der Waals surface area contributed by atoms with Gasteiger partial charge in [0.1, 0.15) is 6.04 Å². The van der Waals surface area contributed by atoms with Gasteiger partial charge in [-0.05, 0) is 30.7 Å². The molecule has 31 heavy (non-hydrogen) atoms. The molecule has 3 rings (SSSR count). The minimum Gasteiger partial charge on any atom is -0.391 e. The van der Waals surface area contributed by atoms with Crippen LogP contribution in [0.15, 0.2) is 24.3 Å². The molecule has 1 aromatic carbocycles. The minimum atomic E-state index is -0.732. The first-order chi connectivity index (χ1) is 14.7. The summed E-state index contributed by atoms with van der Waals surface area (Å²) in [6, 6.07) is 8.94. The number of fused-ring (bicyclic) bond motifs is 1. The van der Waals surface area contributed by atoms with Gasteiger partial charge in [0.2, 0.25) is 5.91 Å². The number of β-amino-alcohol motifs (C(OH)–C–C–N with tert-alkyl or cyclic N) is 1. The molecule has 1 aliphatic rings. The first-order valence-corrected chi connectivity index (χ1v) is 10.8. The van der Waals surface area contributed by atoms with Gasteiger partial charge >= 0.3 is 0 Å². The van der Waals surface area contributed by atoms with Crippen molar-refractivity contribution in [3.05, 3.63) is 30.0 Å². The number of carbonyl (C=O) groups is 2. The van der Waals surface area contributed by atoms with Gasteiger partial charge in [0.25, 0.3) is 5.91 Å². The zero-order valence-corrected chi connectivity index (χ0v) is 18.5. The molecule has 2 heterocycles. The van der Waals surface area contributed by atoms with Crippen LogP contribution in [0.3, 0.4) is 0 Å². The van der Waals surface area contributed by atoms with Gasteiger partial charge in [0, 0.05) is 31.4 Å². The van der Waals surface area contributed by atoms with E-state index in [1.165, 1.54) is 0 Å². The Morgan fingerprint density at radius 2 is 2.06 bits per heavy atom. The van der Waals surface area contributed by atoms with Gasteiger partial charge in [0.05, 0.1) is 17.7 Å². The predicted octanol–water partition coefficient (Wildman–Crippen LogP) is 2.47. The van der Waals surface area contributed by atoms with Crippen molar-refractivity contribution >= 4 is 22.7 Å². The molecule has 1 aliphatic heterocycles. The second-order valence-electron chi connectivity index (χ2n) is 9.20. The summed E-state index contributed by atoms with van der Waals surface area (Å²) in [4.78, 5) is 28.0. The molecule has 0 bridgehead atoms. The fourth-order valence-electron chi connectivity index (χ4n) is 3.90. The summed E-state index contributed by atoms with van der Waals surface area (Å²) < 4.78 is 1.80. The molecule has 0 saturated carbocycles. The lowest BCUT2D eigenvalue weighted by Crippen LogP contribution is -2.54. The Labute approximate surface area is 182 Å². The number of aromatic nitrogens is 2. The molecule has 1 saturated heterocycles. The summed E-state index contributed by atoms with van der Waals surface area (Å²) in [6.45, 7) is 7.13. The third-order valence-corrected chi connectivity index (χ3v) is 5.64. The third-order valence-electron chi connectivity index (χ3n) is 5.64. The van der Waals surface area contributed by atoms with Gasteiger partial charge in [-0.3, -0.25) is 14.3 Å². The van der Waals surface area contributed by atoms with E-state index in [9.17, 15) is 14.7 Å². The first kappa shape index (κ1) is 22.8. The summed E-state index contributed by atoms with van der Waals surface area (Å²) in [6.07, 6.45) is 2.10. The number of para-hydroxylation sites is 1. The van der Waals surface area contributed by atoms with Crippen LogP contribution in [-0.4, -0.2) is 56.8 Å². The summed E-state index contributed by atoms with van der Waals surface area (Å²) in [5, 5.41) is 26.7. The number of aliphatic hydroxyl groups excluding tert-OH is 1. The average Bonchev–Trinajstić information content (AvgIpc) is 3.32. The van der Waals surface area contributed by atoms with E-state index in [-0.39, 0.29) is 11.8 Å². The zero-order valence-electron chi connectivity index (χ0n) is 18.5. The van der Waals surface area contributed by atoms with Crippen LogP contribution in [0.2, 0.25) is 0 Å². The van der Waals surface area contributed by atoms with Crippen molar-refractivity contribution in [1.29, 1.82) is 5.26 Å². The van der Waals surface area contributed by atoms with Crippen molar-refractivity contribution in [3.63, 3.8) is 0 Å². The maximum Gasteiger partial charge on any atom is 0.273 e. The summed E-state index contributed by atoms with van der Waals surface area (Å²) in [7, 11) is 0. The Bertz CT molecular complexity index is 985. The largest absolute Gasteiger partial charge is 0.391 e. The molecule has 2 amide bonds. The van der Waals surface area contributed by atoms with E-state index in [0.29, 0.717) is 38.2 Å². The second kappa shape index (κ2) is 9.48. The highest BCUT2D eigenvalue weighted by Crippen LogP contribution is 2.25. The lowest BCUT2D eigenvalue weighted by molar-refractivity contribution is -0.135. The average molecular weight is 426 g/mol. The molecule has 0 aliphatic carbocycles. The maximum absolute atomic E-state index is 13.2. The van der Waals surface area contributed by atoms with Gasteiger partial charge in [-0.25, -0.2) is 0 Å². The highest BCUT2D eigenvalue weighted by atomic mass is 16.3. The van der Waals surface area contributed by atoms with Gasteiger partial charge < -0.3 is 15.3 Å². The summed E-state index contributed by atoms with van der Waals surface area (Å²) in [5.74, 6) is -0.572. The number of aliphatic hydroxyl groups is 1. The Morgan fingerprint density at radius 3 is 2.71 bits per heavy atom. The normalized spacial score (nSPS) is 17.5. The molecule has 1 fully saturated rings. The van der Waals surface area contributed by atoms with E-state index in [4.69, 9.17) is 5.26 Å². The van der Waals surface area contributed by atoms with Gasteiger partial charge in [0.15, 0.2) is 5.69 Å². The number of hydrogen-bond acceptors (Lipinski definition) is 5. The molecule has 2 aromatic rings. The van der Waals surface area contributed by atoms with Crippen LogP contribution in [0.25, 0.3) is 10.9 Å². The highest BCUT2D eigenvalue weighted by Gasteiger charge is 2.38. The van der Waals surface area contributed by atoms with E-state index in [0.717, 1.165) is 23.7 Å². The van der Waals surface area contributed by atoms with Crippen LogP contribution in [0.4, 0.5) is 0 Å². The molecule has 0 spiro atoms. The van der Waals surface area contributed by atoms with Crippen LogP contribution in [0.1, 0.15) is 56.9 Å². The van der Waals surface area contributed by atoms with Crippen LogP contribution in [0.5, 0.6) is 0 Å². The number of nitrogens with zero attached hydrogens (tertiary/aromatic N) is 4. The maximum atomic E-state index is 13.2. The molecular formula is C23H31N5O3. The molecule has 1 unspecified atom stereocenters. The number of benzene rings is 1. The topological polar surface area (TPSA) is 111 Å². The van der Waals surface area contributed by atoms with Crippen molar-refractivity contribution in [2.75, 3.05) is 13.1 Å². The van der Waals surface area contributed by atoms with Crippen LogP contribution < -0.4 is 5.32 Å². The first-order valence-electron chi connectivity index (χ1n) is 10.8. The van der Waals surface area contributed by atoms with Crippen molar-refractivity contribution in [1.82, 2.24) is 20.0 Å². The number of aryl methyl sites for hydroxylation is 1. The monoisotopic (exact) mass is 425 g/mol. The van der Waals surface area contributed by atoms with Crippen molar-refractivity contribution < 1.29 is 14.7 Å². The zero-order chi connectivity index (χ0) is 22.6. The SMILES string of the molecule is CC(C)(C)[C@H](NC(=O)c1nn(CCCCC#N)c2ccccc12)C(=O)N1CCC(O)C1. The molecule has 0 radical (unpaired) electrons. The van der Waals surface area contributed by atoms with Gasteiger partial charge in [-0.15, -0.1) is 0 Å². The summed E-state index contributed by atoms with van der Waals surface area (Å²) in [5.41, 5.74) is 0.640. The number of rotatable bonds is 7. The van der Waals surface area contributed by atoms with E-state index in [1.54, 1.807) is 9.58 Å². The Hall–Kier alpha value is -2.92. The summed E-state index contributed by atoms with van der Waals surface area (Å²) >= 11 is 0. The Balaban J connectivity index is 1.83. The molecule has 1 aromatic heterocycles. The predicted molar refractivity (Wildman–Crippen MR) is 117 cm³/mol. The van der Waals surface area contributed by atoms with E-state index < -0.39 is 17.6 Å². The molecular weight excluding hydrogens is 394 g/mol. The quantitative estimate of drug-likeness (QED) is 0.662. The molecule has 8 nitrogen and oxygen atoms in total. The molecule has 8 heteroatoms. The van der Waals surface area contributed by atoms with Crippen LogP contribution >= 0.6 is 0 Å². The number of likely N-dealkylation sites (tertiary alicyclic amines) is 1. The molecule has 2 N–H and O–H groups in total. The van der Waals surface area contributed by atoms with E-state index >= 15 is 0 Å². The van der Waals surface area contributed by atoms with Crippen LogP contribution in [-0.2, 0) is 11.3 Å².